The smallest absolute Gasteiger partial charge is 0.257 e. The summed E-state index contributed by atoms with van der Waals surface area (Å²) in [5.41, 5.74) is 1.90. The number of rotatable bonds is 4. The van der Waals surface area contributed by atoms with Gasteiger partial charge in [-0.05, 0) is 38.3 Å². The average molecular weight is 301 g/mol. The minimum Gasteiger partial charge on any atom is -0.351 e. The lowest BCUT2D eigenvalue weighted by Crippen LogP contribution is -2.40. The Hall–Kier alpha value is -1.95. The summed E-state index contributed by atoms with van der Waals surface area (Å²) in [7, 11) is 0. The first-order valence-corrected chi connectivity index (χ1v) is 7.95. The molecule has 0 saturated carbocycles. The number of aromatic nitrogens is 3. The van der Waals surface area contributed by atoms with E-state index >= 15 is 0 Å². The largest absolute Gasteiger partial charge is 0.351 e. The van der Waals surface area contributed by atoms with Gasteiger partial charge in [0, 0.05) is 32.0 Å². The summed E-state index contributed by atoms with van der Waals surface area (Å²) in [6.45, 7) is 7.97. The second kappa shape index (κ2) is 6.44. The zero-order chi connectivity index (χ0) is 15.5. The molecule has 22 heavy (non-hydrogen) atoms. The van der Waals surface area contributed by atoms with Crippen molar-refractivity contribution >= 4 is 11.6 Å². The number of aryl methyl sites for hydroxylation is 1. The average Bonchev–Trinajstić information content (AvgIpc) is 2.83. The molecule has 1 saturated heterocycles. The summed E-state index contributed by atoms with van der Waals surface area (Å²) in [6.07, 6.45) is 6.06. The summed E-state index contributed by atoms with van der Waals surface area (Å²) in [4.78, 5) is 19.1. The van der Waals surface area contributed by atoms with Crippen LogP contribution in [0.5, 0.6) is 0 Å². The Kier molecular flexibility index (Phi) is 4.38. The van der Waals surface area contributed by atoms with Gasteiger partial charge in [0.1, 0.15) is 5.56 Å². The van der Waals surface area contributed by atoms with E-state index in [2.05, 4.69) is 27.2 Å². The van der Waals surface area contributed by atoms with Gasteiger partial charge in [-0.15, -0.1) is 0 Å². The van der Waals surface area contributed by atoms with Crippen molar-refractivity contribution in [3.05, 3.63) is 29.7 Å². The van der Waals surface area contributed by atoms with E-state index < -0.39 is 0 Å². The molecule has 0 bridgehead atoms. The lowest BCUT2D eigenvalue weighted by atomic mass is 10.0. The molecule has 6 heteroatoms. The highest BCUT2D eigenvalue weighted by atomic mass is 16.1. The van der Waals surface area contributed by atoms with Crippen molar-refractivity contribution in [3.63, 3.8) is 0 Å². The Morgan fingerprint density at radius 1 is 1.50 bits per heavy atom. The van der Waals surface area contributed by atoms with Crippen molar-refractivity contribution < 1.29 is 4.79 Å². The van der Waals surface area contributed by atoms with Crippen molar-refractivity contribution in [3.8, 4) is 0 Å². The van der Waals surface area contributed by atoms with Gasteiger partial charge in [0.15, 0.2) is 5.65 Å². The van der Waals surface area contributed by atoms with Gasteiger partial charge in [0.05, 0.1) is 5.69 Å². The Morgan fingerprint density at radius 2 is 2.36 bits per heavy atom. The third-order valence-corrected chi connectivity index (χ3v) is 4.25. The van der Waals surface area contributed by atoms with E-state index in [4.69, 9.17) is 0 Å². The quantitative estimate of drug-likeness (QED) is 0.929. The zero-order valence-electron chi connectivity index (χ0n) is 13.2. The fraction of sp³-hybridized carbons (Fsp3) is 0.562. The fourth-order valence-corrected chi connectivity index (χ4v) is 3.17. The zero-order valence-corrected chi connectivity index (χ0v) is 13.2. The van der Waals surface area contributed by atoms with Gasteiger partial charge in [-0.1, -0.05) is 6.92 Å². The van der Waals surface area contributed by atoms with Gasteiger partial charge in [-0.2, -0.15) is 5.10 Å². The first-order valence-electron chi connectivity index (χ1n) is 7.95. The van der Waals surface area contributed by atoms with Gasteiger partial charge < -0.3 is 10.2 Å². The van der Waals surface area contributed by atoms with E-state index in [0.29, 0.717) is 23.4 Å². The SMILES string of the molecule is Cc1nn2cccnc2c1C(=O)NCCN1CCCC(C)C1. The number of piperidine rings is 1. The monoisotopic (exact) mass is 301 g/mol. The van der Waals surface area contributed by atoms with Gasteiger partial charge in [-0.3, -0.25) is 4.79 Å². The maximum absolute atomic E-state index is 12.4. The predicted molar refractivity (Wildman–Crippen MR) is 84.9 cm³/mol. The van der Waals surface area contributed by atoms with Crippen LogP contribution in [0.2, 0.25) is 0 Å². The lowest BCUT2D eigenvalue weighted by molar-refractivity contribution is 0.0944. The van der Waals surface area contributed by atoms with Crippen LogP contribution in [0.25, 0.3) is 5.65 Å². The van der Waals surface area contributed by atoms with Crippen LogP contribution in [-0.4, -0.2) is 51.6 Å². The number of likely N-dealkylation sites (tertiary alicyclic amines) is 1. The highest BCUT2D eigenvalue weighted by Gasteiger charge is 2.19. The van der Waals surface area contributed by atoms with Gasteiger partial charge in [0.25, 0.3) is 5.91 Å². The van der Waals surface area contributed by atoms with E-state index in [9.17, 15) is 4.79 Å². The Labute approximate surface area is 130 Å². The van der Waals surface area contributed by atoms with Crippen LogP contribution >= 0.6 is 0 Å². The van der Waals surface area contributed by atoms with Crippen LogP contribution in [0.3, 0.4) is 0 Å². The van der Waals surface area contributed by atoms with Crippen molar-refractivity contribution in [1.82, 2.24) is 24.8 Å². The normalized spacial score (nSPS) is 19.5. The summed E-state index contributed by atoms with van der Waals surface area (Å²) in [5, 5.41) is 7.33. The molecule has 0 aromatic carbocycles. The maximum atomic E-state index is 12.4. The minimum absolute atomic E-state index is 0.0868. The Morgan fingerprint density at radius 3 is 3.18 bits per heavy atom. The number of carbonyl (C=O) groups is 1. The molecule has 0 aliphatic carbocycles. The number of fused-ring (bicyclic) bond motifs is 1. The van der Waals surface area contributed by atoms with E-state index in [0.717, 1.165) is 25.6 Å². The molecule has 3 heterocycles. The van der Waals surface area contributed by atoms with E-state index in [1.807, 2.05) is 6.92 Å². The molecule has 1 aliphatic rings. The molecule has 1 amide bonds. The molecule has 2 aromatic heterocycles. The second-order valence-corrected chi connectivity index (χ2v) is 6.15. The summed E-state index contributed by atoms with van der Waals surface area (Å²) >= 11 is 0. The van der Waals surface area contributed by atoms with Gasteiger partial charge in [-0.25, -0.2) is 9.50 Å². The second-order valence-electron chi connectivity index (χ2n) is 6.15. The molecule has 2 aromatic rings. The van der Waals surface area contributed by atoms with Gasteiger partial charge >= 0.3 is 0 Å². The van der Waals surface area contributed by atoms with Crippen LogP contribution in [0, 0.1) is 12.8 Å². The molecule has 0 spiro atoms. The standard InChI is InChI=1S/C16H23N5O/c1-12-5-3-8-20(11-12)10-7-18-16(22)14-13(2)19-21-9-4-6-17-15(14)21/h4,6,9,12H,3,5,7-8,10-11H2,1-2H3,(H,18,22). The van der Waals surface area contributed by atoms with Crippen molar-refractivity contribution in [2.45, 2.75) is 26.7 Å². The third kappa shape index (κ3) is 3.11. The molecule has 1 fully saturated rings. The summed E-state index contributed by atoms with van der Waals surface area (Å²) in [6, 6.07) is 1.80. The van der Waals surface area contributed by atoms with Crippen LogP contribution in [0.1, 0.15) is 35.8 Å². The molecule has 118 valence electrons. The summed E-state index contributed by atoms with van der Waals surface area (Å²) in [5.74, 6) is 0.673. The highest BCUT2D eigenvalue weighted by Crippen LogP contribution is 2.15. The number of hydrogen-bond acceptors (Lipinski definition) is 4. The Bertz CT molecular complexity index is 666. The third-order valence-electron chi connectivity index (χ3n) is 4.25. The van der Waals surface area contributed by atoms with Crippen molar-refractivity contribution in [1.29, 1.82) is 0 Å². The van der Waals surface area contributed by atoms with E-state index in [-0.39, 0.29) is 5.91 Å². The van der Waals surface area contributed by atoms with Crippen LogP contribution in [-0.2, 0) is 0 Å². The van der Waals surface area contributed by atoms with Crippen LogP contribution in [0.15, 0.2) is 18.5 Å². The van der Waals surface area contributed by atoms with E-state index in [1.54, 1.807) is 23.0 Å². The molecule has 1 N–H and O–H groups in total. The number of carbonyl (C=O) groups excluding carboxylic acids is 1. The topological polar surface area (TPSA) is 62.5 Å². The van der Waals surface area contributed by atoms with Gasteiger partial charge in [0.2, 0.25) is 0 Å². The number of hydrogen-bond donors (Lipinski definition) is 1. The number of nitrogens with zero attached hydrogens (tertiary/aromatic N) is 4. The fourth-order valence-electron chi connectivity index (χ4n) is 3.17. The molecule has 1 aliphatic heterocycles. The predicted octanol–water partition coefficient (Wildman–Crippen LogP) is 1.50. The lowest BCUT2D eigenvalue weighted by Gasteiger charge is -2.30. The van der Waals surface area contributed by atoms with Crippen LogP contribution in [0.4, 0.5) is 0 Å². The van der Waals surface area contributed by atoms with Crippen LogP contribution < -0.4 is 5.32 Å². The molecule has 6 nitrogen and oxygen atoms in total. The molecular weight excluding hydrogens is 278 g/mol. The molecular formula is C16H23N5O. The maximum Gasteiger partial charge on any atom is 0.257 e. The highest BCUT2D eigenvalue weighted by molar-refractivity contribution is 6.00. The van der Waals surface area contributed by atoms with Crippen molar-refractivity contribution in [2.75, 3.05) is 26.2 Å². The number of nitrogens with one attached hydrogen (secondary N) is 1. The Balaban J connectivity index is 1.60. The van der Waals surface area contributed by atoms with E-state index in [1.165, 1.54) is 12.8 Å². The molecule has 0 radical (unpaired) electrons. The molecule has 1 atom stereocenters. The summed E-state index contributed by atoms with van der Waals surface area (Å²) < 4.78 is 1.65. The minimum atomic E-state index is -0.0868. The first kappa shape index (κ1) is 15.0. The first-order chi connectivity index (χ1) is 10.6. The molecule has 1 unspecified atom stereocenters. The number of amides is 1. The molecule has 3 rings (SSSR count). The van der Waals surface area contributed by atoms with Crippen molar-refractivity contribution in [2.24, 2.45) is 5.92 Å².